The van der Waals surface area contributed by atoms with Crippen LogP contribution in [0.4, 0.5) is 22.0 Å². The topological polar surface area (TPSA) is 9.86 Å². The summed E-state index contributed by atoms with van der Waals surface area (Å²) in [5, 5.41) is 3.44. The van der Waals surface area contributed by atoms with E-state index >= 15 is 22.0 Å². The van der Waals surface area contributed by atoms with Crippen molar-refractivity contribution in [3.8, 4) is 33.6 Å². The van der Waals surface area contributed by atoms with E-state index in [9.17, 15) is 0 Å². The van der Waals surface area contributed by atoms with Gasteiger partial charge >= 0.3 is 6.18 Å². The van der Waals surface area contributed by atoms with Crippen LogP contribution >= 0.6 is 0 Å². The average molecular weight is 889 g/mol. The molecule has 66 heavy (non-hydrogen) atoms. The molecule has 0 aliphatic rings. The van der Waals surface area contributed by atoms with Gasteiger partial charge in [0.1, 0.15) is 11.6 Å². The number of alkyl halides is 3. The summed E-state index contributed by atoms with van der Waals surface area (Å²) in [6, 6.07) is 37.4. The van der Waals surface area contributed by atoms with E-state index in [1.165, 1.54) is 36.4 Å². The van der Waals surface area contributed by atoms with E-state index in [4.69, 9.17) is 0 Å². The Kier molecular flexibility index (Phi) is 10.3. The van der Waals surface area contributed by atoms with Crippen LogP contribution < -0.4 is 0 Å². The Morgan fingerprint density at radius 2 is 0.621 bits per heavy atom. The molecule has 0 saturated carbocycles. The SMILES string of the molecule is CC(C)(C)c1ccc2c(c1)c1cc(C(C)(C)C)ccc1n2-c1cc(-n2c3ccc(C(C)(C)C)cc3c3cc(C(C)(C)C)ccc32)c(-c2ccccc2F)c(C(F)(F)F)c1-c1ccccc1F. The average Bonchev–Trinajstić information content (AvgIpc) is 3.73. The maximum Gasteiger partial charge on any atom is 0.417 e. The standard InChI is InChI=1S/C59H57F5N2/c1-55(2,3)34-21-25-46-40(29-34)41-30-35(56(4,5)6)22-26-47(41)65(46)50-33-51(53(39-18-14-16-20-45(39)61)54(59(62,63)64)52(50)38-17-13-15-19-44(38)60)66-48-27-23-36(57(7,8)9)31-42(48)43-32-37(58(10,11)12)24-28-49(43)66/h13-33H,1-12H3. The Morgan fingerprint density at radius 1 is 0.348 bits per heavy atom. The van der Waals surface area contributed by atoms with Gasteiger partial charge in [0, 0.05) is 43.8 Å². The van der Waals surface area contributed by atoms with Crippen LogP contribution in [0.25, 0.3) is 77.2 Å². The highest BCUT2D eigenvalue weighted by atomic mass is 19.4. The van der Waals surface area contributed by atoms with Gasteiger partial charge in [0.25, 0.3) is 0 Å². The lowest BCUT2D eigenvalue weighted by atomic mass is 9.85. The van der Waals surface area contributed by atoms with Gasteiger partial charge in [0.15, 0.2) is 0 Å². The Balaban J connectivity index is 1.58. The number of hydrogen-bond acceptors (Lipinski definition) is 0. The smallest absolute Gasteiger partial charge is 0.309 e. The third-order valence-electron chi connectivity index (χ3n) is 13.3. The van der Waals surface area contributed by atoms with Crippen LogP contribution in [0, 0.1) is 11.6 Å². The van der Waals surface area contributed by atoms with Crippen molar-refractivity contribution < 1.29 is 22.0 Å². The zero-order chi connectivity index (χ0) is 47.6. The fourth-order valence-electron chi connectivity index (χ4n) is 9.60. The third kappa shape index (κ3) is 7.49. The number of aromatic nitrogens is 2. The van der Waals surface area contributed by atoms with Crippen LogP contribution in [-0.2, 0) is 27.8 Å². The quantitative estimate of drug-likeness (QED) is 0.156. The molecule has 0 unspecified atom stereocenters. The molecule has 0 amide bonds. The molecule has 7 heteroatoms. The van der Waals surface area contributed by atoms with E-state index in [0.29, 0.717) is 22.1 Å². The van der Waals surface area contributed by atoms with Crippen molar-refractivity contribution in [3.63, 3.8) is 0 Å². The van der Waals surface area contributed by atoms with E-state index in [0.717, 1.165) is 43.8 Å². The van der Waals surface area contributed by atoms with Crippen molar-refractivity contribution in [2.24, 2.45) is 0 Å². The first-order valence-electron chi connectivity index (χ1n) is 22.7. The molecule has 0 radical (unpaired) electrons. The maximum atomic E-state index is 16.9. The molecular weight excluding hydrogens is 832 g/mol. The first kappa shape index (κ1) is 45.0. The number of rotatable bonds is 4. The van der Waals surface area contributed by atoms with Crippen molar-refractivity contribution in [3.05, 3.63) is 167 Å². The zero-order valence-electron chi connectivity index (χ0n) is 39.9. The lowest BCUT2D eigenvalue weighted by Crippen LogP contribution is -2.16. The molecular formula is C59H57F5N2. The monoisotopic (exact) mass is 888 g/mol. The normalized spacial score (nSPS) is 13.2. The molecule has 0 N–H and O–H groups in total. The molecule has 338 valence electrons. The molecule has 2 heterocycles. The molecule has 0 aliphatic heterocycles. The first-order chi connectivity index (χ1) is 30.7. The number of hydrogen-bond donors (Lipinski definition) is 0. The van der Waals surface area contributed by atoms with Gasteiger partial charge in [0.05, 0.1) is 39.0 Å². The second-order valence-corrected chi connectivity index (χ2v) is 22.1. The zero-order valence-corrected chi connectivity index (χ0v) is 39.9. The highest BCUT2D eigenvalue weighted by Crippen LogP contribution is 2.53. The van der Waals surface area contributed by atoms with Gasteiger partial charge in [-0.1, -0.05) is 144 Å². The van der Waals surface area contributed by atoms with E-state index in [1.807, 2.05) is 57.7 Å². The van der Waals surface area contributed by atoms with Crippen molar-refractivity contribution >= 4 is 43.6 Å². The molecule has 2 aromatic heterocycles. The number of halogens is 5. The molecule has 2 nitrogen and oxygen atoms in total. The van der Waals surface area contributed by atoms with E-state index < -0.39 is 23.4 Å². The van der Waals surface area contributed by atoms with Crippen LogP contribution in [0.2, 0.25) is 0 Å². The predicted molar refractivity (Wildman–Crippen MR) is 266 cm³/mol. The van der Waals surface area contributed by atoms with E-state index in [-0.39, 0.29) is 55.3 Å². The third-order valence-corrected chi connectivity index (χ3v) is 13.3. The predicted octanol–water partition coefficient (Wildman–Crippen LogP) is 17.7. The fourth-order valence-corrected chi connectivity index (χ4v) is 9.60. The van der Waals surface area contributed by atoms with Crippen molar-refractivity contribution in [2.45, 2.75) is 111 Å². The number of nitrogens with zero attached hydrogens (tertiary/aromatic N) is 2. The molecule has 7 aromatic carbocycles. The fraction of sp³-hybridized carbons (Fsp3) is 0.288. The summed E-state index contributed by atoms with van der Waals surface area (Å²) in [5.41, 5.74) is 3.75. The summed E-state index contributed by atoms with van der Waals surface area (Å²) in [5.74, 6) is -1.66. The Morgan fingerprint density at radius 3 is 0.864 bits per heavy atom. The molecule has 0 aliphatic carbocycles. The second-order valence-electron chi connectivity index (χ2n) is 22.1. The molecule has 0 saturated heterocycles. The van der Waals surface area contributed by atoms with Gasteiger partial charge in [-0.3, -0.25) is 0 Å². The second kappa shape index (κ2) is 15.2. The molecule has 0 bridgehead atoms. The largest absolute Gasteiger partial charge is 0.417 e. The van der Waals surface area contributed by atoms with Crippen molar-refractivity contribution in [1.29, 1.82) is 0 Å². The minimum Gasteiger partial charge on any atom is -0.309 e. The minimum absolute atomic E-state index is 0.113. The Labute approximate surface area is 384 Å². The summed E-state index contributed by atoms with van der Waals surface area (Å²) in [6.45, 7) is 25.6. The van der Waals surface area contributed by atoms with Gasteiger partial charge in [-0.2, -0.15) is 13.2 Å². The molecule has 9 aromatic rings. The lowest BCUT2D eigenvalue weighted by molar-refractivity contribution is -0.136. The van der Waals surface area contributed by atoms with Gasteiger partial charge < -0.3 is 9.13 Å². The van der Waals surface area contributed by atoms with Crippen LogP contribution in [0.15, 0.2) is 127 Å². The summed E-state index contributed by atoms with van der Waals surface area (Å²) in [7, 11) is 0. The van der Waals surface area contributed by atoms with Gasteiger partial charge in [0.2, 0.25) is 0 Å². The van der Waals surface area contributed by atoms with Crippen molar-refractivity contribution in [2.75, 3.05) is 0 Å². The number of fused-ring (bicyclic) bond motifs is 6. The molecule has 0 fully saturated rings. The van der Waals surface area contributed by atoms with E-state index in [1.54, 1.807) is 18.2 Å². The Hall–Kier alpha value is -6.21. The summed E-state index contributed by atoms with van der Waals surface area (Å²) >= 11 is 0. The highest BCUT2D eigenvalue weighted by molar-refractivity contribution is 6.13. The summed E-state index contributed by atoms with van der Waals surface area (Å²) < 4.78 is 87.8. The van der Waals surface area contributed by atoms with Crippen LogP contribution in [0.1, 0.15) is 111 Å². The minimum atomic E-state index is -5.12. The number of benzene rings is 7. The lowest BCUT2D eigenvalue weighted by Gasteiger charge is -2.27. The highest BCUT2D eigenvalue weighted by Gasteiger charge is 2.42. The van der Waals surface area contributed by atoms with Crippen LogP contribution in [0.3, 0.4) is 0 Å². The van der Waals surface area contributed by atoms with Crippen molar-refractivity contribution in [1.82, 2.24) is 9.13 Å². The van der Waals surface area contributed by atoms with Gasteiger partial charge in [-0.15, -0.1) is 0 Å². The molecule has 9 rings (SSSR count). The van der Waals surface area contributed by atoms with Crippen LogP contribution in [-0.4, -0.2) is 9.13 Å². The summed E-state index contributed by atoms with van der Waals surface area (Å²) in [6.07, 6.45) is -5.12. The maximum absolute atomic E-state index is 16.9. The molecule has 0 spiro atoms. The van der Waals surface area contributed by atoms with Gasteiger partial charge in [-0.05, 0) is 111 Å². The van der Waals surface area contributed by atoms with Crippen LogP contribution in [0.5, 0.6) is 0 Å². The van der Waals surface area contributed by atoms with E-state index in [2.05, 4.69) is 107 Å². The summed E-state index contributed by atoms with van der Waals surface area (Å²) in [4.78, 5) is 0. The Bertz CT molecular complexity index is 3040. The first-order valence-corrected chi connectivity index (χ1v) is 22.7. The molecule has 0 atom stereocenters. The van der Waals surface area contributed by atoms with Gasteiger partial charge in [-0.25, -0.2) is 8.78 Å².